The topological polar surface area (TPSA) is 64.0 Å². The van der Waals surface area contributed by atoms with Gasteiger partial charge in [-0.1, -0.05) is 0 Å². The van der Waals surface area contributed by atoms with Crippen molar-refractivity contribution >= 4 is 5.91 Å². The van der Waals surface area contributed by atoms with Gasteiger partial charge in [-0.3, -0.25) is 4.79 Å². The first-order valence-corrected chi connectivity index (χ1v) is 5.96. The molecule has 1 unspecified atom stereocenters. The van der Waals surface area contributed by atoms with Gasteiger partial charge < -0.3 is 20.0 Å². The van der Waals surface area contributed by atoms with Gasteiger partial charge in [0.2, 0.25) is 0 Å². The van der Waals surface area contributed by atoms with Crippen LogP contribution >= 0.6 is 0 Å². The molecule has 5 nitrogen and oxygen atoms in total. The van der Waals surface area contributed by atoms with Crippen molar-refractivity contribution in [2.24, 2.45) is 0 Å². The van der Waals surface area contributed by atoms with Gasteiger partial charge in [0.05, 0.1) is 5.56 Å². The molecule has 2 N–H and O–H groups in total. The molecule has 1 fully saturated rings. The van der Waals surface area contributed by atoms with Gasteiger partial charge in [-0.2, -0.15) is 0 Å². The molecule has 0 saturated carbocycles. The fourth-order valence-electron chi connectivity index (χ4n) is 2.22. The van der Waals surface area contributed by atoms with E-state index in [9.17, 15) is 15.0 Å². The Hall–Kier alpha value is -1.75. The smallest absolute Gasteiger partial charge is 0.257 e. The summed E-state index contributed by atoms with van der Waals surface area (Å²) in [5.41, 5.74) is 0.243. The summed E-state index contributed by atoms with van der Waals surface area (Å²) in [4.78, 5) is 16.0. The average molecular weight is 250 g/mol. The van der Waals surface area contributed by atoms with Crippen LogP contribution in [0.4, 0.5) is 0 Å². The van der Waals surface area contributed by atoms with Crippen molar-refractivity contribution in [1.82, 2.24) is 9.80 Å². The van der Waals surface area contributed by atoms with Crippen LogP contribution in [0, 0.1) is 0 Å². The summed E-state index contributed by atoms with van der Waals surface area (Å²) < 4.78 is 0. The maximum Gasteiger partial charge on any atom is 0.257 e. The molecule has 0 spiro atoms. The quantitative estimate of drug-likeness (QED) is 0.817. The van der Waals surface area contributed by atoms with Gasteiger partial charge in [-0.05, 0) is 32.6 Å². The molecule has 2 rings (SSSR count). The highest BCUT2D eigenvalue weighted by atomic mass is 16.3. The largest absolute Gasteiger partial charge is 0.508 e. The van der Waals surface area contributed by atoms with E-state index in [0.29, 0.717) is 19.1 Å². The number of likely N-dealkylation sites (N-methyl/N-ethyl adjacent to an activating group) is 1. The molecule has 1 amide bonds. The maximum atomic E-state index is 12.2. The number of hydrogen-bond donors (Lipinski definition) is 2. The van der Waals surface area contributed by atoms with Crippen LogP contribution < -0.4 is 0 Å². The van der Waals surface area contributed by atoms with Crippen molar-refractivity contribution in [3.63, 3.8) is 0 Å². The van der Waals surface area contributed by atoms with Gasteiger partial charge in [0.15, 0.2) is 0 Å². The summed E-state index contributed by atoms with van der Waals surface area (Å²) >= 11 is 0. The molecule has 1 saturated heterocycles. The fraction of sp³-hybridized carbons (Fsp3) is 0.462. The Kier molecular flexibility index (Phi) is 3.43. The zero-order valence-corrected chi connectivity index (χ0v) is 10.6. The Bertz CT molecular complexity index is 460. The molecule has 0 aromatic heterocycles. The Balaban J connectivity index is 2.13. The summed E-state index contributed by atoms with van der Waals surface area (Å²) in [5.74, 6) is -0.401. The van der Waals surface area contributed by atoms with Crippen molar-refractivity contribution in [3.8, 4) is 11.5 Å². The van der Waals surface area contributed by atoms with Crippen LogP contribution in [0.2, 0.25) is 0 Å². The number of phenolic OH excluding ortho intramolecular Hbond substituents is 2. The van der Waals surface area contributed by atoms with Crippen molar-refractivity contribution in [2.45, 2.75) is 12.5 Å². The monoisotopic (exact) mass is 250 g/mol. The molecule has 1 aromatic carbocycles. The lowest BCUT2D eigenvalue weighted by molar-refractivity contribution is 0.0780. The molecule has 98 valence electrons. The Morgan fingerprint density at radius 3 is 2.67 bits per heavy atom. The first-order valence-electron chi connectivity index (χ1n) is 5.96. The third-order valence-corrected chi connectivity index (χ3v) is 3.39. The lowest BCUT2D eigenvalue weighted by Gasteiger charge is -2.20. The number of carbonyl (C=O) groups excluding carboxylic acids is 1. The van der Waals surface area contributed by atoms with E-state index in [4.69, 9.17) is 0 Å². The van der Waals surface area contributed by atoms with Crippen LogP contribution in [0.5, 0.6) is 11.5 Å². The first kappa shape index (κ1) is 12.7. The average Bonchev–Trinajstić information content (AvgIpc) is 2.77. The van der Waals surface area contributed by atoms with Crippen LogP contribution in [0.15, 0.2) is 18.2 Å². The minimum Gasteiger partial charge on any atom is -0.508 e. The van der Waals surface area contributed by atoms with Gasteiger partial charge in [0.25, 0.3) is 5.91 Å². The standard InChI is InChI=1S/C13H18N2O3/c1-14(2)9-5-6-15(8-9)13(18)11-4-3-10(16)7-12(11)17/h3-4,7,9,16-17H,5-6,8H2,1-2H3. The molecule has 1 atom stereocenters. The molecule has 1 aliphatic rings. The third kappa shape index (κ3) is 2.41. The second kappa shape index (κ2) is 4.86. The highest BCUT2D eigenvalue weighted by molar-refractivity contribution is 5.97. The maximum absolute atomic E-state index is 12.2. The third-order valence-electron chi connectivity index (χ3n) is 3.39. The van der Waals surface area contributed by atoms with E-state index in [2.05, 4.69) is 4.90 Å². The number of carbonyl (C=O) groups is 1. The van der Waals surface area contributed by atoms with Crippen molar-refractivity contribution in [2.75, 3.05) is 27.2 Å². The molecule has 18 heavy (non-hydrogen) atoms. The van der Waals surface area contributed by atoms with Crippen LogP contribution in [-0.4, -0.2) is 59.1 Å². The number of amides is 1. The molecule has 0 radical (unpaired) electrons. The van der Waals surface area contributed by atoms with Gasteiger partial charge in [0, 0.05) is 25.2 Å². The van der Waals surface area contributed by atoms with Crippen LogP contribution in [0.3, 0.4) is 0 Å². The number of nitrogens with zero attached hydrogens (tertiary/aromatic N) is 2. The highest BCUT2D eigenvalue weighted by Crippen LogP contribution is 2.25. The molecule has 1 aromatic rings. The van der Waals surface area contributed by atoms with Crippen molar-refractivity contribution in [1.29, 1.82) is 0 Å². The number of phenols is 2. The zero-order chi connectivity index (χ0) is 13.3. The number of likely N-dealkylation sites (tertiary alicyclic amines) is 1. The SMILES string of the molecule is CN(C)C1CCN(C(=O)c2ccc(O)cc2O)C1. The zero-order valence-electron chi connectivity index (χ0n) is 10.6. The van der Waals surface area contributed by atoms with Gasteiger partial charge >= 0.3 is 0 Å². The number of rotatable bonds is 2. The molecule has 1 aliphatic heterocycles. The Morgan fingerprint density at radius 1 is 1.39 bits per heavy atom. The van der Waals surface area contributed by atoms with Crippen LogP contribution in [-0.2, 0) is 0 Å². The molecular weight excluding hydrogens is 232 g/mol. The second-order valence-electron chi connectivity index (χ2n) is 4.86. The summed E-state index contributed by atoms with van der Waals surface area (Å²) in [7, 11) is 3.99. The lowest BCUT2D eigenvalue weighted by atomic mass is 10.1. The minimum absolute atomic E-state index is 0.0448. The lowest BCUT2D eigenvalue weighted by Crippen LogP contribution is -2.34. The van der Waals surface area contributed by atoms with Crippen LogP contribution in [0.25, 0.3) is 0 Å². The van der Waals surface area contributed by atoms with E-state index in [1.807, 2.05) is 14.1 Å². The molecule has 0 aliphatic carbocycles. The Labute approximate surface area is 106 Å². The summed E-state index contributed by atoms with van der Waals surface area (Å²) in [6, 6.07) is 4.42. The summed E-state index contributed by atoms with van der Waals surface area (Å²) in [5, 5.41) is 18.9. The van der Waals surface area contributed by atoms with E-state index in [-0.39, 0.29) is 23.0 Å². The highest BCUT2D eigenvalue weighted by Gasteiger charge is 2.29. The predicted octanol–water partition coefficient (Wildman–Crippen LogP) is 0.874. The van der Waals surface area contributed by atoms with Crippen molar-refractivity contribution in [3.05, 3.63) is 23.8 Å². The minimum atomic E-state index is -0.183. The van der Waals surface area contributed by atoms with E-state index in [1.165, 1.54) is 18.2 Å². The van der Waals surface area contributed by atoms with E-state index < -0.39 is 0 Å². The number of aromatic hydroxyl groups is 2. The predicted molar refractivity (Wildman–Crippen MR) is 67.8 cm³/mol. The van der Waals surface area contributed by atoms with Gasteiger partial charge in [0.1, 0.15) is 11.5 Å². The molecule has 5 heteroatoms. The molecular formula is C13H18N2O3. The van der Waals surface area contributed by atoms with E-state index in [1.54, 1.807) is 4.90 Å². The molecule has 0 bridgehead atoms. The summed E-state index contributed by atoms with van der Waals surface area (Å²) in [6.45, 7) is 1.37. The normalized spacial score (nSPS) is 19.5. The van der Waals surface area contributed by atoms with E-state index >= 15 is 0 Å². The number of benzene rings is 1. The fourth-order valence-corrected chi connectivity index (χ4v) is 2.22. The second-order valence-corrected chi connectivity index (χ2v) is 4.86. The van der Waals surface area contributed by atoms with Gasteiger partial charge in [-0.15, -0.1) is 0 Å². The van der Waals surface area contributed by atoms with Gasteiger partial charge in [-0.25, -0.2) is 0 Å². The number of hydrogen-bond acceptors (Lipinski definition) is 4. The molecule has 1 heterocycles. The van der Waals surface area contributed by atoms with Crippen LogP contribution in [0.1, 0.15) is 16.8 Å². The first-order chi connectivity index (χ1) is 8.49. The summed E-state index contributed by atoms with van der Waals surface area (Å²) in [6.07, 6.45) is 0.942. The van der Waals surface area contributed by atoms with E-state index in [0.717, 1.165) is 6.42 Å². The Morgan fingerprint density at radius 2 is 2.11 bits per heavy atom. The van der Waals surface area contributed by atoms with Crippen molar-refractivity contribution < 1.29 is 15.0 Å².